The number of halogens is 3. The van der Waals surface area contributed by atoms with Gasteiger partial charge in [-0.15, -0.1) is 0 Å². The molecule has 4 rings (SSSR count). The van der Waals surface area contributed by atoms with E-state index in [4.69, 9.17) is 4.74 Å². The van der Waals surface area contributed by atoms with E-state index in [9.17, 15) is 18.0 Å². The molecule has 0 atom stereocenters. The maximum atomic E-state index is 12.8. The van der Waals surface area contributed by atoms with E-state index in [-0.39, 0.29) is 5.91 Å². The standard InChI is InChI=1S/C26H21F3N2O2.C2H6/c27-26(28,29)20-10-12-22(13-11-20)33-24-8-3-5-18-17-19(9-14-23(18)24)25(32)31-16-4-7-21-6-1-2-15-30-21;1-2/h1-3,5-6,8-15,17H,4,7,16H2,(H,31,32);1-2H3. The second-order valence-electron chi connectivity index (χ2n) is 7.50. The molecule has 35 heavy (non-hydrogen) atoms. The zero-order valence-electron chi connectivity index (χ0n) is 19.6. The third-order valence-corrected chi connectivity index (χ3v) is 5.13. The van der Waals surface area contributed by atoms with Crippen LogP contribution in [0.1, 0.15) is 41.9 Å². The highest BCUT2D eigenvalue weighted by Gasteiger charge is 2.30. The third-order valence-electron chi connectivity index (χ3n) is 5.13. The predicted molar refractivity (Wildman–Crippen MR) is 132 cm³/mol. The Balaban J connectivity index is 0.00000167. The number of rotatable bonds is 7. The number of benzene rings is 3. The Kier molecular flexibility index (Phi) is 8.84. The fraction of sp³-hybridized carbons (Fsp3) is 0.214. The van der Waals surface area contributed by atoms with Crippen LogP contribution in [-0.4, -0.2) is 17.4 Å². The summed E-state index contributed by atoms with van der Waals surface area (Å²) in [7, 11) is 0. The van der Waals surface area contributed by atoms with Crippen LogP contribution >= 0.6 is 0 Å². The number of carbonyl (C=O) groups is 1. The first-order chi connectivity index (χ1) is 16.9. The van der Waals surface area contributed by atoms with Gasteiger partial charge in [0.1, 0.15) is 11.5 Å². The van der Waals surface area contributed by atoms with Crippen LogP contribution in [0, 0.1) is 0 Å². The van der Waals surface area contributed by atoms with E-state index in [0.717, 1.165) is 41.4 Å². The van der Waals surface area contributed by atoms with E-state index >= 15 is 0 Å². The number of ether oxygens (including phenoxy) is 1. The Labute approximate surface area is 202 Å². The Hall–Kier alpha value is -3.87. The maximum Gasteiger partial charge on any atom is 0.416 e. The van der Waals surface area contributed by atoms with E-state index in [1.54, 1.807) is 36.5 Å². The van der Waals surface area contributed by atoms with Crippen molar-refractivity contribution in [2.75, 3.05) is 6.54 Å². The van der Waals surface area contributed by atoms with Gasteiger partial charge in [0.25, 0.3) is 5.91 Å². The molecule has 1 N–H and O–H groups in total. The lowest BCUT2D eigenvalue weighted by molar-refractivity contribution is -0.137. The summed E-state index contributed by atoms with van der Waals surface area (Å²) >= 11 is 0. The second kappa shape index (κ2) is 12.0. The number of hydrogen-bond acceptors (Lipinski definition) is 3. The average Bonchev–Trinajstić information content (AvgIpc) is 2.88. The van der Waals surface area contributed by atoms with Gasteiger partial charge in [0, 0.05) is 29.4 Å². The minimum atomic E-state index is -4.40. The molecule has 0 aliphatic carbocycles. The summed E-state index contributed by atoms with van der Waals surface area (Å²) in [6, 6.07) is 20.9. The van der Waals surface area contributed by atoms with Crippen molar-refractivity contribution in [2.45, 2.75) is 32.9 Å². The highest BCUT2D eigenvalue weighted by Crippen LogP contribution is 2.33. The Morgan fingerprint density at radius 1 is 0.943 bits per heavy atom. The van der Waals surface area contributed by atoms with Crippen LogP contribution < -0.4 is 10.1 Å². The number of nitrogens with one attached hydrogen (secondary N) is 1. The molecule has 4 aromatic rings. The molecule has 7 heteroatoms. The molecule has 0 saturated carbocycles. The number of fused-ring (bicyclic) bond motifs is 1. The second-order valence-corrected chi connectivity index (χ2v) is 7.50. The van der Waals surface area contributed by atoms with Crippen molar-refractivity contribution in [3.63, 3.8) is 0 Å². The van der Waals surface area contributed by atoms with E-state index in [1.165, 1.54) is 12.1 Å². The number of alkyl halides is 3. The Morgan fingerprint density at radius 3 is 2.40 bits per heavy atom. The fourth-order valence-electron chi connectivity index (χ4n) is 3.44. The summed E-state index contributed by atoms with van der Waals surface area (Å²) in [6.07, 6.45) is -1.09. The summed E-state index contributed by atoms with van der Waals surface area (Å²) < 4.78 is 44.1. The van der Waals surface area contributed by atoms with Crippen LogP contribution in [0.15, 0.2) is 85.1 Å². The minimum Gasteiger partial charge on any atom is -0.457 e. The number of aryl methyl sites for hydroxylation is 1. The van der Waals surface area contributed by atoms with E-state index in [2.05, 4.69) is 10.3 Å². The summed E-state index contributed by atoms with van der Waals surface area (Å²) in [6.45, 7) is 4.53. The van der Waals surface area contributed by atoms with Gasteiger partial charge in [0.15, 0.2) is 0 Å². The number of carbonyl (C=O) groups excluding carboxylic acids is 1. The van der Waals surface area contributed by atoms with Crippen molar-refractivity contribution >= 4 is 16.7 Å². The first-order valence-electron chi connectivity index (χ1n) is 11.5. The van der Waals surface area contributed by atoms with Gasteiger partial charge in [-0.05, 0) is 78.9 Å². The Morgan fingerprint density at radius 2 is 1.71 bits per heavy atom. The summed E-state index contributed by atoms with van der Waals surface area (Å²) in [5.41, 5.74) is 0.772. The molecular weight excluding hydrogens is 453 g/mol. The molecule has 4 nitrogen and oxygen atoms in total. The molecular formula is C28H27F3N2O2. The van der Waals surface area contributed by atoms with Gasteiger partial charge in [0.05, 0.1) is 5.56 Å². The molecule has 0 unspecified atom stereocenters. The minimum absolute atomic E-state index is 0.174. The molecule has 3 aromatic carbocycles. The predicted octanol–water partition coefficient (Wildman–Crippen LogP) is 7.43. The normalized spacial score (nSPS) is 10.9. The van der Waals surface area contributed by atoms with E-state index in [1.807, 2.05) is 38.1 Å². The molecule has 0 bridgehead atoms. The largest absolute Gasteiger partial charge is 0.457 e. The monoisotopic (exact) mass is 480 g/mol. The maximum absolute atomic E-state index is 12.8. The highest BCUT2D eigenvalue weighted by molar-refractivity contribution is 5.99. The number of amides is 1. The van der Waals surface area contributed by atoms with Crippen LogP contribution in [0.5, 0.6) is 11.5 Å². The molecule has 0 spiro atoms. The van der Waals surface area contributed by atoms with Crippen LogP contribution in [0.3, 0.4) is 0 Å². The smallest absolute Gasteiger partial charge is 0.416 e. The molecule has 0 fully saturated rings. The van der Waals surface area contributed by atoms with Crippen molar-refractivity contribution in [1.82, 2.24) is 10.3 Å². The number of nitrogens with zero attached hydrogens (tertiary/aromatic N) is 1. The van der Waals surface area contributed by atoms with Crippen molar-refractivity contribution in [3.05, 3.63) is 102 Å². The van der Waals surface area contributed by atoms with Gasteiger partial charge in [-0.1, -0.05) is 32.0 Å². The summed E-state index contributed by atoms with van der Waals surface area (Å²) in [4.78, 5) is 16.8. The summed E-state index contributed by atoms with van der Waals surface area (Å²) in [5.74, 6) is 0.617. The first-order valence-corrected chi connectivity index (χ1v) is 11.5. The molecule has 0 saturated heterocycles. The van der Waals surface area contributed by atoms with Crippen LogP contribution in [0.4, 0.5) is 13.2 Å². The SMILES string of the molecule is CC.O=C(NCCCc1ccccn1)c1ccc2c(Oc3ccc(C(F)(F)F)cc3)cccc2c1. The van der Waals surface area contributed by atoms with Crippen molar-refractivity contribution in [2.24, 2.45) is 0 Å². The number of hydrogen-bond donors (Lipinski definition) is 1. The lowest BCUT2D eigenvalue weighted by atomic mass is 10.1. The fourth-order valence-corrected chi connectivity index (χ4v) is 3.44. The third kappa shape index (κ3) is 7.06. The van der Waals surface area contributed by atoms with Crippen LogP contribution in [0.2, 0.25) is 0 Å². The van der Waals surface area contributed by atoms with Crippen molar-refractivity contribution in [3.8, 4) is 11.5 Å². The average molecular weight is 481 g/mol. The molecule has 0 aliphatic heterocycles. The van der Waals surface area contributed by atoms with E-state index in [0.29, 0.717) is 23.6 Å². The van der Waals surface area contributed by atoms with Gasteiger partial charge in [-0.2, -0.15) is 13.2 Å². The first kappa shape index (κ1) is 25.7. The van der Waals surface area contributed by atoms with Gasteiger partial charge in [-0.3, -0.25) is 9.78 Å². The van der Waals surface area contributed by atoms with Gasteiger partial charge >= 0.3 is 6.18 Å². The number of pyridine rings is 1. The van der Waals surface area contributed by atoms with Crippen molar-refractivity contribution < 1.29 is 22.7 Å². The van der Waals surface area contributed by atoms with Gasteiger partial charge in [0.2, 0.25) is 0 Å². The zero-order valence-corrected chi connectivity index (χ0v) is 19.6. The molecule has 1 heterocycles. The van der Waals surface area contributed by atoms with Crippen molar-refractivity contribution in [1.29, 1.82) is 0 Å². The molecule has 0 radical (unpaired) electrons. The van der Waals surface area contributed by atoms with E-state index < -0.39 is 11.7 Å². The zero-order chi connectivity index (χ0) is 25.3. The molecule has 1 amide bonds. The highest BCUT2D eigenvalue weighted by atomic mass is 19.4. The molecule has 0 aliphatic rings. The van der Waals surface area contributed by atoms with Crippen LogP contribution in [0.25, 0.3) is 10.8 Å². The number of aromatic nitrogens is 1. The van der Waals surface area contributed by atoms with Gasteiger partial charge in [-0.25, -0.2) is 0 Å². The lowest BCUT2D eigenvalue weighted by Crippen LogP contribution is -2.24. The quantitative estimate of drug-likeness (QED) is 0.280. The van der Waals surface area contributed by atoms with Gasteiger partial charge < -0.3 is 10.1 Å². The topological polar surface area (TPSA) is 51.2 Å². The lowest BCUT2D eigenvalue weighted by Gasteiger charge is -2.12. The molecule has 1 aromatic heterocycles. The molecule has 182 valence electrons. The Bertz CT molecular complexity index is 1240. The van der Waals surface area contributed by atoms with Crippen LogP contribution in [-0.2, 0) is 12.6 Å². The summed E-state index contributed by atoms with van der Waals surface area (Å²) in [5, 5.41) is 4.46.